The highest BCUT2D eigenvalue weighted by atomic mass is 35.5. The van der Waals surface area contributed by atoms with E-state index in [0.717, 1.165) is 35.2 Å². The van der Waals surface area contributed by atoms with E-state index in [9.17, 15) is 18.4 Å². The van der Waals surface area contributed by atoms with Gasteiger partial charge in [-0.25, -0.2) is 13.8 Å². The molecule has 2 aromatic carbocycles. The molecule has 158 valence electrons. The maximum Gasteiger partial charge on any atom is 0.271 e. The standard InChI is InChI=1S/C19H11ClF2N4O2S3/c20-9-1-4-11(5-2-9)26-16-15(31-19(26)29)17(28)25-18(24-16)30-8-14(27)23-13-6-3-10(21)7-12(13)22/h1-7H,8H2,(H,23,27)(H,24,25,28). The van der Waals surface area contributed by atoms with Gasteiger partial charge in [-0.05, 0) is 48.6 Å². The predicted octanol–water partition coefficient (Wildman–Crippen LogP) is 5.17. The summed E-state index contributed by atoms with van der Waals surface area (Å²) in [4.78, 5) is 31.7. The van der Waals surface area contributed by atoms with Crippen molar-refractivity contribution >= 4 is 68.9 Å². The van der Waals surface area contributed by atoms with Crippen LogP contribution in [0.3, 0.4) is 0 Å². The molecule has 0 atom stereocenters. The van der Waals surface area contributed by atoms with Crippen molar-refractivity contribution < 1.29 is 13.6 Å². The average Bonchev–Trinajstić information content (AvgIpc) is 3.06. The van der Waals surface area contributed by atoms with Crippen LogP contribution < -0.4 is 10.9 Å². The lowest BCUT2D eigenvalue weighted by Gasteiger charge is -2.07. The summed E-state index contributed by atoms with van der Waals surface area (Å²) in [6, 6.07) is 9.75. The third kappa shape index (κ3) is 4.69. The fourth-order valence-electron chi connectivity index (χ4n) is 2.69. The van der Waals surface area contributed by atoms with Gasteiger partial charge in [0.05, 0.1) is 11.4 Å². The molecule has 0 aliphatic heterocycles. The highest BCUT2D eigenvalue weighted by molar-refractivity contribution is 7.99. The number of aromatic nitrogens is 3. The Bertz CT molecular complexity index is 1420. The van der Waals surface area contributed by atoms with Crippen molar-refractivity contribution in [2.45, 2.75) is 5.16 Å². The summed E-state index contributed by atoms with van der Waals surface area (Å²) in [6.07, 6.45) is 0. The number of hydrogen-bond donors (Lipinski definition) is 2. The molecular weight excluding hydrogens is 486 g/mol. The zero-order valence-electron chi connectivity index (χ0n) is 15.3. The van der Waals surface area contributed by atoms with Crippen molar-refractivity contribution in [2.75, 3.05) is 11.1 Å². The van der Waals surface area contributed by atoms with Gasteiger partial charge in [-0.1, -0.05) is 34.7 Å². The Balaban J connectivity index is 1.59. The quantitative estimate of drug-likeness (QED) is 0.226. The molecule has 0 unspecified atom stereocenters. The first-order valence-corrected chi connectivity index (χ1v) is 11.2. The van der Waals surface area contributed by atoms with Gasteiger partial charge in [-0.2, -0.15) is 0 Å². The van der Waals surface area contributed by atoms with E-state index >= 15 is 0 Å². The van der Waals surface area contributed by atoms with Gasteiger partial charge in [0.25, 0.3) is 5.56 Å². The third-order valence-corrected chi connectivity index (χ3v) is 6.54. The summed E-state index contributed by atoms with van der Waals surface area (Å²) in [6.45, 7) is 0. The van der Waals surface area contributed by atoms with Gasteiger partial charge in [-0.15, -0.1) is 0 Å². The first kappa shape index (κ1) is 21.6. The first-order valence-electron chi connectivity index (χ1n) is 8.61. The number of benzene rings is 2. The molecular formula is C19H11ClF2N4O2S3. The molecule has 0 bridgehead atoms. The summed E-state index contributed by atoms with van der Waals surface area (Å²) >= 11 is 13.4. The van der Waals surface area contributed by atoms with E-state index in [1.165, 1.54) is 0 Å². The van der Waals surface area contributed by atoms with Crippen LogP contribution in [0.2, 0.25) is 5.02 Å². The van der Waals surface area contributed by atoms with Crippen LogP contribution in [0.5, 0.6) is 0 Å². The number of thioether (sulfide) groups is 1. The van der Waals surface area contributed by atoms with E-state index in [1.807, 2.05) is 0 Å². The summed E-state index contributed by atoms with van der Waals surface area (Å²) in [5, 5.41) is 3.11. The van der Waals surface area contributed by atoms with E-state index in [-0.39, 0.29) is 22.2 Å². The molecule has 2 N–H and O–H groups in total. The lowest BCUT2D eigenvalue weighted by Crippen LogP contribution is -2.16. The minimum Gasteiger partial charge on any atom is -0.323 e. The second kappa shape index (κ2) is 8.87. The largest absolute Gasteiger partial charge is 0.323 e. The monoisotopic (exact) mass is 496 g/mol. The fraction of sp³-hybridized carbons (Fsp3) is 0.0526. The van der Waals surface area contributed by atoms with E-state index in [4.69, 9.17) is 23.8 Å². The number of rotatable bonds is 5. The second-order valence-corrected chi connectivity index (χ2v) is 9.21. The maximum absolute atomic E-state index is 13.7. The Kier molecular flexibility index (Phi) is 6.19. The lowest BCUT2D eigenvalue weighted by atomic mass is 10.3. The Morgan fingerprint density at radius 2 is 2.00 bits per heavy atom. The lowest BCUT2D eigenvalue weighted by molar-refractivity contribution is -0.113. The van der Waals surface area contributed by atoms with Gasteiger partial charge >= 0.3 is 0 Å². The Morgan fingerprint density at radius 1 is 1.26 bits per heavy atom. The van der Waals surface area contributed by atoms with Crippen molar-refractivity contribution in [2.24, 2.45) is 0 Å². The molecule has 0 aliphatic carbocycles. The molecule has 0 saturated carbocycles. The highest BCUT2D eigenvalue weighted by Crippen LogP contribution is 2.25. The van der Waals surface area contributed by atoms with Crippen LogP contribution >= 0.6 is 46.9 Å². The zero-order valence-corrected chi connectivity index (χ0v) is 18.5. The van der Waals surface area contributed by atoms with Crippen LogP contribution in [0.4, 0.5) is 14.5 Å². The van der Waals surface area contributed by atoms with Crippen molar-refractivity contribution in [1.29, 1.82) is 0 Å². The number of fused-ring (bicyclic) bond motifs is 1. The zero-order chi connectivity index (χ0) is 22.1. The Labute approximate surface area is 191 Å². The van der Waals surface area contributed by atoms with Gasteiger partial charge in [0.2, 0.25) is 5.91 Å². The number of carbonyl (C=O) groups excluding carboxylic acids is 1. The number of amides is 1. The number of aromatic amines is 1. The number of hydrogen-bond acceptors (Lipinski definition) is 6. The number of nitrogens with one attached hydrogen (secondary N) is 2. The molecule has 2 aromatic heterocycles. The number of H-pyrrole nitrogens is 1. The minimum absolute atomic E-state index is 0.141. The van der Waals surface area contributed by atoms with E-state index in [2.05, 4.69) is 15.3 Å². The predicted molar refractivity (Wildman–Crippen MR) is 121 cm³/mol. The molecule has 6 nitrogen and oxygen atoms in total. The van der Waals surface area contributed by atoms with Crippen LogP contribution in [0.1, 0.15) is 0 Å². The van der Waals surface area contributed by atoms with Gasteiger partial charge in [0.1, 0.15) is 16.3 Å². The SMILES string of the molecule is O=C(CSc1nc2c(sc(=S)n2-c2ccc(Cl)cc2)c(=O)[nH]1)Nc1ccc(F)cc1F. The fourth-order valence-corrected chi connectivity index (χ4v) is 4.74. The van der Waals surface area contributed by atoms with Crippen molar-refractivity contribution in [3.05, 3.63) is 73.4 Å². The van der Waals surface area contributed by atoms with Crippen LogP contribution in [-0.4, -0.2) is 26.2 Å². The van der Waals surface area contributed by atoms with E-state index < -0.39 is 17.5 Å². The number of carbonyl (C=O) groups is 1. The summed E-state index contributed by atoms with van der Waals surface area (Å²) < 4.78 is 29.1. The molecule has 0 radical (unpaired) electrons. The van der Waals surface area contributed by atoms with Gasteiger partial charge in [-0.3, -0.25) is 14.2 Å². The summed E-state index contributed by atoms with van der Waals surface area (Å²) in [5.74, 6) is -2.33. The molecule has 0 fully saturated rings. The average molecular weight is 497 g/mol. The molecule has 0 aliphatic rings. The summed E-state index contributed by atoms with van der Waals surface area (Å²) in [5.41, 5.74) is 0.521. The van der Waals surface area contributed by atoms with Crippen LogP contribution in [0, 0.1) is 15.6 Å². The first-order chi connectivity index (χ1) is 14.8. The second-order valence-electron chi connectivity index (χ2n) is 6.16. The van der Waals surface area contributed by atoms with Crippen molar-refractivity contribution in [3.63, 3.8) is 0 Å². The van der Waals surface area contributed by atoms with Gasteiger partial charge in [0, 0.05) is 16.8 Å². The van der Waals surface area contributed by atoms with Gasteiger partial charge < -0.3 is 10.3 Å². The Hall–Kier alpha value is -2.60. The highest BCUT2D eigenvalue weighted by Gasteiger charge is 2.15. The van der Waals surface area contributed by atoms with Gasteiger partial charge in [0.15, 0.2) is 14.8 Å². The molecule has 1 amide bonds. The third-order valence-electron chi connectivity index (χ3n) is 4.05. The number of nitrogens with zero attached hydrogens (tertiary/aromatic N) is 2. The molecule has 4 aromatic rings. The molecule has 0 spiro atoms. The molecule has 0 saturated heterocycles. The summed E-state index contributed by atoms with van der Waals surface area (Å²) in [7, 11) is 0. The number of thiazole rings is 1. The maximum atomic E-state index is 13.7. The van der Waals surface area contributed by atoms with Crippen LogP contribution in [-0.2, 0) is 4.79 Å². The van der Waals surface area contributed by atoms with Crippen LogP contribution in [0.15, 0.2) is 52.4 Å². The van der Waals surface area contributed by atoms with E-state index in [1.54, 1.807) is 28.8 Å². The molecule has 12 heteroatoms. The minimum atomic E-state index is -0.883. The van der Waals surface area contributed by atoms with E-state index in [0.29, 0.717) is 31.1 Å². The molecule has 4 rings (SSSR count). The topological polar surface area (TPSA) is 79.8 Å². The Morgan fingerprint density at radius 3 is 2.71 bits per heavy atom. The van der Waals surface area contributed by atoms with Crippen LogP contribution in [0.25, 0.3) is 16.0 Å². The van der Waals surface area contributed by atoms with Crippen molar-refractivity contribution in [3.8, 4) is 5.69 Å². The normalized spacial score (nSPS) is 11.1. The smallest absolute Gasteiger partial charge is 0.271 e. The number of halogens is 3. The number of anilines is 1. The molecule has 31 heavy (non-hydrogen) atoms. The molecule has 2 heterocycles. The van der Waals surface area contributed by atoms with Crippen molar-refractivity contribution in [1.82, 2.24) is 14.5 Å².